The molecule has 1 fully saturated rings. The van der Waals surface area contributed by atoms with Crippen LogP contribution in [-0.2, 0) is 4.79 Å². The van der Waals surface area contributed by atoms with Gasteiger partial charge in [-0.25, -0.2) is 0 Å². The minimum absolute atomic E-state index is 0.292. The standard InChI is InChI=1S/C10H16O2S2/c1-8(4-2-5-9(11)12)10-13-6-3-7-14-10/h2-7H2,1H3,(H,11,12). The summed E-state index contributed by atoms with van der Waals surface area (Å²) < 4.78 is 1.43. The minimum atomic E-state index is -0.688. The van der Waals surface area contributed by atoms with Gasteiger partial charge in [0.05, 0.1) is 0 Å². The van der Waals surface area contributed by atoms with Gasteiger partial charge in [0.2, 0.25) is 0 Å². The Hall–Kier alpha value is -0.0900. The predicted octanol–water partition coefficient (Wildman–Crippen LogP) is 3.34. The normalized spacial score (nSPS) is 16.8. The molecule has 0 spiro atoms. The highest BCUT2D eigenvalue weighted by Crippen LogP contribution is 2.38. The summed E-state index contributed by atoms with van der Waals surface area (Å²) in [5.41, 5.74) is 1.38. The Balaban J connectivity index is 2.30. The quantitative estimate of drug-likeness (QED) is 0.806. The fraction of sp³-hybridized carbons (Fsp3) is 0.700. The molecule has 2 nitrogen and oxygen atoms in total. The van der Waals surface area contributed by atoms with E-state index in [-0.39, 0.29) is 0 Å². The van der Waals surface area contributed by atoms with Gasteiger partial charge >= 0.3 is 5.97 Å². The Morgan fingerprint density at radius 2 is 2.00 bits per heavy atom. The lowest BCUT2D eigenvalue weighted by atomic mass is 10.1. The lowest BCUT2D eigenvalue weighted by Crippen LogP contribution is -1.97. The summed E-state index contributed by atoms with van der Waals surface area (Å²) in [5, 5.41) is 8.51. The summed E-state index contributed by atoms with van der Waals surface area (Å²) in [6.45, 7) is 2.13. The highest BCUT2D eigenvalue weighted by molar-refractivity contribution is 8.22. The number of aliphatic carboxylic acids is 1. The number of hydrogen-bond donors (Lipinski definition) is 1. The van der Waals surface area contributed by atoms with Gasteiger partial charge in [0, 0.05) is 10.7 Å². The third-order valence-corrected chi connectivity index (χ3v) is 4.96. The lowest BCUT2D eigenvalue weighted by molar-refractivity contribution is -0.137. The largest absolute Gasteiger partial charge is 0.481 e. The fourth-order valence-electron chi connectivity index (χ4n) is 1.28. The molecular weight excluding hydrogens is 216 g/mol. The molecule has 1 heterocycles. The fourth-order valence-corrected chi connectivity index (χ4v) is 3.94. The first-order valence-electron chi connectivity index (χ1n) is 4.87. The maximum absolute atomic E-state index is 10.3. The first-order chi connectivity index (χ1) is 6.70. The van der Waals surface area contributed by atoms with E-state index >= 15 is 0 Å². The maximum atomic E-state index is 10.3. The number of allylic oxidation sites excluding steroid dienone is 1. The molecular formula is C10H16O2S2. The summed E-state index contributed by atoms with van der Waals surface area (Å²) in [6, 6.07) is 0. The lowest BCUT2D eigenvalue weighted by Gasteiger charge is -2.15. The molecule has 1 N–H and O–H groups in total. The Kier molecular flexibility index (Phi) is 5.48. The zero-order valence-corrected chi connectivity index (χ0v) is 10.0. The molecule has 0 aromatic carbocycles. The van der Waals surface area contributed by atoms with E-state index in [0.29, 0.717) is 6.42 Å². The van der Waals surface area contributed by atoms with Gasteiger partial charge in [-0.05, 0) is 37.7 Å². The Bertz CT molecular complexity index is 228. The molecule has 0 unspecified atom stereocenters. The smallest absolute Gasteiger partial charge is 0.303 e. The average molecular weight is 232 g/mol. The number of rotatable bonds is 4. The van der Waals surface area contributed by atoms with Gasteiger partial charge in [-0.15, -0.1) is 23.5 Å². The van der Waals surface area contributed by atoms with Crippen molar-refractivity contribution in [3.05, 3.63) is 9.81 Å². The van der Waals surface area contributed by atoms with Crippen molar-refractivity contribution in [1.82, 2.24) is 0 Å². The molecule has 4 heteroatoms. The highest BCUT2D eigenvalue weighted by atomic mass is 32.2. The molecule has 0 aromatic rings. The summed E-state index contributed by atoms with van der Waals surface area (Å²) in [4.78, 5) is 10.3. The number of carboxylic acid groups (broad SMARTS) is 1. The van der Waals surface area contributed by atoms with E-state index in [2.05, 4.69) is 6.92 Å². The molecule has 0 radical (unpaired) electrons. The molecule has 0 aliphatic carbocycles. The van der Waals surface area contributed by atoms with Crippen molar-refractivity contribution in [2.24, 2.45) is 0 Å². The highest BCUT2D eigenvalue weighted by Gasteiger charge is 2.09. The van der Waals surface area contributed by atoms with Gasteiger partial charge in [-0.2, -0.15) is 0 Å². The molecule has 1 aliphatic heterocycles. The SMILES string of the molecule is CC(CCCC(=O)O)=C1SCCCS1. The van der Waals surface area contributed by atoms with Crippen molar-refractivity contribution in [3.8, 4) is 0 Å². The van der Waals surface area contributed by atoms with Crippen molar-refractivity contribution in [2.45, 2.75) is 32.6 Å². The van der Waals surface area contributed by atoms with Gasteiger partial charge in [0.15, 0.2) is 0 Å². The van der Waals surface area contributed by atoms with Crippen LogP contribution in [0.15, 0.2) is 9.81 Å². The molecule has 14 heavy (non-hydrogen) atoms. The van der Waals surface area contributed by atoms with E-state index in [9.17, 15) is 4.79 Å². The number of carbonyl (C=O) groups is 1. The molecule has 1 rings (SSSR count). The average Bonchev–Trinajstić information content (AvgIpc) is 2.18. The van der Waals surface area contributed by atoms with Crippen LogP contribution in [0.25, 0.3) is 0 Å². The van der Waals surface area contributed by atoms with Gasteiger partial charge in [-0.1, -0.05) is 5.57 Å². The third kappa shape index (κ3) is 4.42. The summed E-state index contributed by atoms with van der Waals surface area (Å²) in [7, 11) is 0. The van der Waals surface area contributed by atoms with Crippen molar-refractivity contribution >= 4 is 29.5 Å². The zero-order chi connectivity index (χ0) is 10.4. The second-order valence-electron chi connectivity index (χ2n) is 3.37. The third-order valence-electron chi connectivity index (χ3n) is 2.05. The van der Waals surface area contributed by atoms with Crippen LogP contribution in [0, 0.1) is 0 Å². The van der Waals surface area contributed by atoms with Crippen molar-refractivity contribution in [2.75, 3.05) is 11.5 Å². The van der Waals surface area contributed by atoms with Crippen molar-refractivity contribution < 1.29 is 9.90 Å². The molecule has 0 bridgehead atoms. The van der Waals surface area contributed by atoms with Gasteiger partial charge in [-0.3, -0.25) is 4.79 Å². The van der Waals surface area contributed by atoms with Crippen LogP contribution in [0.5, 0.6) is 0 Å². The van der Waals surface area contributed by atoms with Crippen LogP contribution in [0.3, 0.4) is 0 Å². The van der Waals surface area contributed by atoms with E-state index in [1.807, 2.05) is 23.5 Å². The van der Waals surface area contributed by atoms with Crippen molar-refractivity contribution in [3.63, 3.8) is 0 Å². The Morgan fingerprint density at radius 3 is 2.57 bits per heavy atom. The summed E-state index contributed by atoms with van der Waals surface area (Å²) in [6.07, 6.45) is 3.29. The second-order valence-corrected chi connectivity index (χ2v) is 5.83. The first-order valence-corrected chi connectivity index (χ1v) is 6.84. The van der Waals surface area contributed by atoms with E-state index in [4.69, 9.17) is 5.11 Å². The molecule has 0 saturated carbocycles. The second kappa shape index (κ2) is 6.40. The minimum Gasteiger partial charge on any atom is -0.481 e. The zero-order valence-electron chi connectivity index (χ0n) is 8.41. The van der Waals surface area contributed by atoms with Gasteiger partial charge in [0.25, 0.3) is 0 Å². The monoisotopic (exact) mass is 232 g/mol. The predicted molar refractivity (Wildman–Crippen MR) is 63.7 cm³/mol. The molecule has 1 saturated heterocycles. The van der Waals surface area contributed by atoms with Gasteiger partial charge < -0.3 is 5.11 Å². The van der Waals surface area contributed by atoms with E-state index in [0.717, 1.165) is 12.8 Å². The molecule has 80 valence electrons. The molecule has 0 amide bonds. The first kappa shape index (κ1) is 12.0. The van der Waals surface area contributed by atoms with E-state index in [1.54, 1.807) is 0 Å². The van der Waals surface area contributed by atoms with Crippen LogP contribution in [0.1, 0.15) is 32.6 Å². The topological polar surface area (TPSA) is 37.3 Å². The van der Waals surface area contributed by atoms with Crippen LogP contribution in [0.2, 0.25) is 0 Å². The number of hydrogen-bond acceptors (Lipinski definition) is 3. The maximum Gasteiger partial charge on any atom is 0.303 e. The summed E-state index contributed by atoms with van der Waals surface area (Å²) in [5.74, 6) is 1.75. The number of thioether (sulfide) groups is 2. The number of carboxylic acids is 1. The molecule has 0 atom stereocenters. The molecule has 0 aromatic heterocycles. The Labute approximate surface area is 93.5 Å². The molecule has 1 aliphatic rings. The van der Waals surface area contributed by atoms with Crippen LogP contribution in [-0.4, -0.2) is 22.6 Å². The van der Waals surface area contributed by atoms with E-state index in [1.165, 1.54) is 27.7 Å². The van der Waals surface area contributed by atoms with Crippen LogP contribution >= 0.6 is 23.5 Å². The summed E-state index contributed by atoms with van der Waals surface area (Å²) >= 11 is 3.85. The van der Waals surface area contributed by atoms with Crippen molar-refractivity contribution in [1.29, 1.82) is 0 Å². The van der Waals surface area contributed by atoms with Crippen LogP contribution in [0.4, 0.5) is 0 Å². The van der Waals surface area contributed by atoms with Gasteiger partial charge in [0.1, 0.15) is 0 Å². The van der Waals surface area contributed by atoms with E-state index < -0.39 is 5.97 Å². The Morgan fingerprint density at radius 1 is 1.36 bits per heavy atom. The van der Waals surface area contributed by atoms with Crippen LogP contribution < -0.4 is 0 Å².